The highest BCUT2D eigenvalue weighted by molar-refractivity contribution is 7.91. The molecule has 0 N–H and O–H groups in total. The largest absolute Gasteiger partial charge is 0.338 e. The molecular formula is C20H28N2O5S2. The second-order valence-corrected chi connectivity index (χ2v) is 11.9. The molecule has 2 saturated heterocycles. The molecule has 7 nitrogen and oxygen atoms in total. The van der Waals surface area contributed by atoms with Crippen molar-refractivity contribution in [2.75, 3.05) is 31.6 Å². The molecule has 9 heteroatoms. The van der Waals surface area contributed by atoms with E-state index >= 15 is 0 Å². The van der Waals surface area contributed by atoms with Gasteiger partial charge < -0.3 is 4.90 Å². The Morgan fingerprint density at radius 3 is 2.28 bits per heavy atom. The standard InChI is InChI=1S/C20H28N2O5S2/c1-21(18-12-15-28(24,25)16-18)20(23)11-8-17-6-9-19(10-7-17)29(26,27)22-13-4-2-3-5-14-22/h6-11,18H,2-5,12-16H2,1H3. The third-order valence-corrected chi connectivity index (χ3v) is 9.27. The Morgan fingerprint density at radius 1 is 1.10 bits per heavy atom. The number of rotatable bonds is 5. The highest BCUT2D eigenvalue weighted by Gasteiger charge is 2.32. The van der Waals surface area contributed by atoms with Gasteiger partial charge in [-0.25, -0.2) is 16.8 Å². The van der Waals surface area contributed by atoms with Gasteiger partial charge in [-0.15, -0.1) is 0 Å². The smallest absolute Gasteiger partial charge is 0.246 e. The normalized spacial score (nSPS) is 23.1. The van der Waals surface area contributed by atoms with Crippen molar-refractivity contribution < 1.29 is 21.6 Å². The Bertz CT molecular complexity index is 961. The van der Waals surface area contributed by atoms with Crippen LogP contribution in [0.5, 0.6) is 0 Å². The van der Waals surface area contributed by atoms with Crippen molar-refractivity contribution in [3.8, 4) is 0 Å². The van der Waals surface area contributed by atoms with Gasteiger partial charge >= 0.3 is 0 Å². The number of carbonyl (C=O) groups is 1. The molecule has 2 fully saturated rings. The van der Waals surface area contributed by atoms with E-state index < -0.39 is 19.9 Å². The van der Waals surface area contributed by atoms with Crippen LogP contribution in [0.3, 0.4) is 0 Å². The Balaban J connectivity index is 1.64. The lowest BCUT2D eigenvalue weighted by Gasteiger charge is -2.21. The lowest BCUT2D eigenvalue weighted by molar-refractivity contribution is -0.126. The van der Waals surface area contributed by atoms with Gasteiger partial charge in [0.1, 0.15) is 0 Å². The number of amides is 1. The molecule has 1 unspecified atom stereocenters. The fourth-order valence-corrected chi connectivity index (χ4v) is 7.02. The lowest BCUT2D eigenvalue weighted by Crippen LogP contribution is -2.36. The van der Waals surface area contributed by atoms with E-state index in [0.29, 0.717) is 25.1 Å². The molecule has 1 aromatic carbocycles. The molecule has 160 valence electrons. The predicted molar refractivity (Wildman–Crippen MR) is 113 cm³/mol. The van der Waals surface area contributed by atoms with E-state index in [-0.39, 0.29) is 28.4 Å². The number of hydrogen-bond acceptors (Lipinski definition) is 5. The third-order valence-electron chi connectivity index (χ3n) is 5.61. The van der Waals surface area contributed by atoms with Gasteiger partial charge in [0.15, 0.2) is 9.84 Å². The number of sulfone groups is 1. The van der Waals surface area contributed by atoms with Crippen molar-refractivity contribution in [2.24, 2.45) is 0 Å². The van der Waals surface area contributed by atoms with Crippen molar-refractivity contribution in [2.45, 2.75) is 43.0 Å². The van der Waals surface area contributed by atoms with Crippen LogP contribution in [0, 0.1) is 0 Å². The molecule has 0 bridgehead atoms. The first kappa shape index (κ1) is 22.0. The summed E-state index contributed by atoms with van der Waals surface area (Å²) in [7, 11) is -4.94. The summed E-state index contributed by atoms with van der Waals surface area (Å²) in [6.07, 6.45) is 7.36. The van der Waals surface area contributed by atoms with Crippen LogP contribution < -0.4 is 0 Å². The summed E-state index contributed by atoms with van der Waals surface area (Å²) in [5, 5.41) is 0. The molecular weight excluding hydrogens is 412 g/mol. The first-order chi connectivity index (χ1) is 13.7. The van der Waals surface area contributed by atoms with E-state index in [0.717, 1.165) is 25.7 Å². The van der Waals surface area contributed by atoms with Crippen LogP contribution >= 0.6 is 0 Å². The van der Waals surface area contributed by atoms with Crippen LogP contribution in [0.4, 0.5) is 0 Å². The van der Waals surface area contributed by atoms with Gasteiger partial charge in [-0.1, -0.05) is 25.0 Å². The molecule has 1 aromatic rings. The van der Waals surface area contributed by atoms with Gasteiger partial charge in [0.05, 0.1) is 16.4 Å². The van der Waals surface area contributed by atoms with E-state index in [1.807, 2.05) is 0 Å². The number of sulfonamides is 1. The first-order valence-electron chi connectivity index (χ1n) is 9.94. The highest BCUT2D eigenvalue weighted by atomic mass is 32.2. The van der Waals surface area contributed by atoms with E-state index in [1.54, 1.807) is 41.7 Å². The van der Waals surface area contributed by atoms with E-state index in [9.17, 15) is 21.6 Å². The topological polar surface area (TPSA) is 91.8 Å². The summed E-state index contributed by atoms with van der Waals surface area (Å²) >= 11 is 0. The number of nitrogens with zero attached hydrogens (tertiary/aromatic N) is 2. The minimum absolute atomic E-state index is 0.00609. The first-order valence-corrected chi connectivity index (χ1v) is 13.2. The van der Waals surface area contributed by atoms with Crippen LogP contribution in [0.25, 0.3) is 6.08 Å². The molecule has 0 aromatic heterocycles. The van der Waals surface area contributed by atoms with E-state index in [4.69, 9.17) is 0 Å². The third kappa shape index (κ3) is 5.46. The Labute approximate surface area is 173 Å². The average Bonchev–Trinajstić information content (AvgIpc) is 2.88. The SMILES string of the molecule is CN(C(=O)C=Cc1ccc(S(=O)(=O)N2CCCCCC2)cc1)C1CCS(=O)(=O)C1. The maximum Gasteiger partial charge on any atom is 0.246 e. The second kappa shape index (κ2) is 8.97. The number of carbonyl (C=O) groups excluding carboxylic acids is 1. The number of benzene rings is 1. The summed E-state index contributed by atoms with van der Waals surface area (Å²) < 4.78 is 50.3. The monoisotopic (exact) mass is 440 g/mol. The van der Waals surface area contributed by atoms with Crippen LogP contribution in [0.2, 0.25) is 0 Å². The zero-order valence-electron chi connectivity index (χ0n) is 16.7. The van der Waals surface area contributed by atoms with E-state index in [1.165, 1.54) is 11.0 Å². The fraction of sp³-hybridized carbons (Fsp3) is 0.550. The molecule has 0 radical (unpaired) electrons. The van der Waals surface area contributed by atoms with Crippen molar-refractivity contribution in [1.29, 1.82) is 0 Å². The summed E-state index contributed by atoms with van der Waals surface area (Å²) in [4.78, 5) is 14.0. The van der Waals surface area contributed by atoms with Gasteiger partial charge in [0, 0.05) is 32.3 Å². The number of likely N-dealkylation sites (N-methyl/N-ethyl adjacent to an activating group) is 1. The van der Waals surface area contributed by atoms with Crippen LogP contribution in [-0.2, 0) is 24.7 Å². The Kier molecular flexibility index (Phi) is 6.80. The van der Waals surface area contributed by atoms with Crippen molar-refractivity contribution in [3.63, 3.8) is 0 Å². The molecule has 0 aliphatic carbocycles. The van der Waals surface area contributed by atoms with Gasteiger partial charge in [0.2, 0.25) is 15.9 Å². The quantitative estimate of drug-likeness (QED) is 0.652. The van der Waals surface area contributed by atoms with Crippen molar-refractivity contribution >= 4 is 31.8 Å². The molecule has 1 amide bonds. The maximum atomic E-state index is 12.8. The molecule has 0 spiro atoms. The van der Waals surface area contributed by atoms with Crippen LogP contribution in [0.15, 0.2) is 35.2 Å². The average molecular weight is 441 g/mol. The van der Waals surface area contributed by atoms with Crippen LogP contribution in [-0.4, -0.2) is 69.6 Å². The molecule has 1 atom stereocenters. The van der Waals surface area contributed by atoms with Gasteiger partial charge in [-0.2, -0.15) is 4.31 Å². The van der Waals surface area contributed by atoms with Gasteiger partial charge in [0.25, 0.3) is 0 Å². The van der Waals surface area contributed by atoms with Gasteiger partial charge in [-0.3, -0.25) is 4.79 Å². The minimum atomic E-state index is -3.49. The zero-order chi connectivity index (χ0) is 21.1. The summed E-state index contributed by atoms with van der Waals surface area (Å²) in [5.41, 5.74) is 0.709. The van der Waals surface area contributed by atoms with E-state index in [2.05, 4.69) is 0 Å². The van der Waals surface area contributed by atoms with Crippen molar-refractivity contribution in [1.82, 2.24) is 9.21 Å². The summed E-state index contributed by atoms with van der Waals surface area (Å²) in [5.74, 6) is -0.147. The lowest BCUT2D eigenvalue weighted by atomic mass is 10.2. The molecule has 2 heterocycles. The molecule has 3 rings (SSSR count). The van der Waals surface area contributed by atoms with Crippen molar-refractivity contribution in [3.05, 3.63) is 35.9 Å². The second-order valence-electron chi connectivity index (χ2n) is 7.73. The minimum Gasteiger partial charge on any atom is -0.338 e. The van der Waals surface area contributed by atoms with Gasteiger partial charge in [-0.05, 0) is 43.0 Å². The Hall–Kier alpha value is -1.71. The zero-order valence-corrected chi connectivity index (χ0v) is 18.3. The fourth-order valence-electron chi connectivity index (χ4n) is 3.73. The summed E-state index contributed by atoms with van der Waals surface area (Å²) in [6, 6.07) is 6.19. The molecule has 29 heavy (non-hydrogen) atoms. The Morgan fingerprint density at radius 2 is 1.72 bits per heavy atom. The predicted octanol–water partition coefficient (Wildman–Crippen LogP) is 1.91. The van der Waals surface area contributed by atoms with Crippen LogP contribution in [0.1, 0.15) is 37.7 Å². The molecule has 2 aliphatic rings. The number of hydrogen-bond donors (Lipinski definition) is 0. The maximum absolute atomic E-state index is 12.8. The summed E-state index contributed by atoms with van der Waals surface area (Å²) in [6.45, 7) is 1.11. The molecule has 0 saturated carbocycles. The highest BCUT2D eigenvalue weighted by Crippen LogP contribution is 2.21. The molecule has 2 aliphatic heterocycles.